The molecule has 1 aromatic heterocycles. The first-order valence-corrected chi connectivity index (χ1v) is 6.48. The average Bonchev–Trinajstić information content (AvgIpc) is 2.35. The van der Waals surface area contributed by atoms with Gasteiger partial charge in [-0.1, -0.05) is 11.6 Å². The van der Waals surface area contributed by atoms with Gasteiger partial charge in [0, 0.05) is 32.9 Å². The van der Waals surface area contributed by atoms with Crippen LogP contribution in [-0.2, 0) is 16.1 Å². The molecule has 0 spiro atoms. The molecule has 5 nitrogen and oxygen atoms in total. The Bertz CT molecular complexity index is 350. The molecule has 0 saturated heterocycles. The zero-order valence-electron chi connectivity index (χ0n) is 10.9. The van der Waals surface area contributed by atoms with E-state index in [9.17, 15) is 0 Å². The second-order valence-electron chi connectivity index (χ2n) is 3.76. The summed E-state index contributed by atoms with van der Waals surface area (Å²) in [5.41, 5.74) is 0. The first kappa shape index (κ1) is 15.1. The lowest BCUT2D eigenvalue weighted by molar-refractivity contribution is 0.128. The maximum absolute atomic E-state index is 5.92. The molecule has 0 aromatic carbocycles. The van der Waals surface area contributed by atoms with E-state index in [1.54, 1.807) is 13.2 Å². The molecule has 0 aliphatic heterocycles. The van der Waals surface area contributed by atoms with Crippen molar-refractivity contribution in [3.05, 3.63) is 17.0 Å². The molecule has 102 valence electrons. The van der Waals surface area contributed by atoms with Gasteiger partial charge in [-0.05, 0) is 19.8 Å². The zero-order valence-corrected chi connectivity index (χ0v) is 11.7. The SMILES string of the molecule is CCOCc1nc(Cl)cc(NCCCCOC)n1. The number of methoxy groups -OCH3 is 1. The highest BCUT2D eigenvalue weighted by atomic mass is 35.5. The lowest BCUT2D eigenvalue weighted by Crippen LogP contribution is -2.07. The fourth-order valence-electron chi connectivity index (χ4n) is 1.40. The third kappa shape index (κ3) is 6.14. The molecule has 1 aromatic rings. The van der Waals surface area contributed by atoms with Crippen LogP contribution in [0, 0.1) is 0 Å². The first-order valence-electron chi connectivity index (χ1n) is 6.10. The summed E-state index contributed by atoms with van der Waals surface area (Å²) in [6, 6.07) is 1.72. The highest BCUT2D eigenvalue weighted by Crippen LogP contribution is 2.12. The number of nitrogens with zero attached hydrogens (tertiary/aromatic N) is 2. The molecule has 0 aliphatic rings. The minimum atomic E-state index is 0.384. The van der Waals surface area contributed by atoms with Crippen molar-refractivity contribution in [3.8, 4) is 0 Å². The van der Waals surface area contributed by atoms with Crippen LogP contribution in [0.3, 0.4) is 0 Å². The van der Waals surface area contributed by atoms with Gasteiger partial charge in [0.2, 0.25) is 0 Å². The predicted molar refractivity (Wildman–Crippen MR) is 72.0 cm³/mol. The smallest absolute Gasteiger partial charge is 0.158 e. The monoisotopic (exact) mass is 273 g/mol. The van der Waals surface area contributed by atoms with E-state index in [1.807, 2.05) is 6.92 Å². The van der Waals surface area contributed by atoms with Gasteiger partial charge in [0.15, 0.2) is 5.82 Å². The topological polar surface area (TPSA) is 56.3 Å². The van der Waals surface area contributed by atoms with E-state index in [2.05, 4.69) is 15.3 Å². The molecule has 18 heavy (non-hydrogen) atoms. The van der Waals surface area contributed by atoms with Crippen LogP contribution >= 0.6 is 11.6 Å². The summed E-state index contributed by atoms with van der Waals surface area (Å²) < 4.78 is 10.2. The van der Waals surface area contributed by atoms with Crippen molar-refractivity contribution in [1.29, 1.82) is 0 Å². The molecule has 0 fully saturated rings. The molecule has 0 saturated carbocycles. The molecule has 0 bridgehead atoms. The van der Waals surface area contributed by atoms with Crippen molar-refractivity contribution in [2.75, 3.05) is 32.2 Å². The number of unbranched alkanes of at least 4 members (excludes halogenated alkanes) is 1. The van der Waals surface area contributed by atoms with Gasteiger partial charge in [0.1, 0.15) is 17.6 Å². The third-order valence-electron chi connectivity index (χ3n) is 2.26. The van der Waals surface area contributed by atoms with E-state index in [1.165, 1.54) is 0 Å². The summed E-state index contributed by atoms with van der Waals surface area (Å²) in [5.74, 6) is 1.34. The van der Waals surface area contributed by atoms with Gasteiger partial charge in [0.05, 0.1) is 0 Å². The Morgan fingerprint density at radius 1 is 1.33 bits per heavy atom. The number of halogens is 1. The number of ether oxygens (including phenoxy) is 2. The predicted octanol–water partition coefficient (Wildman–Crippen LogP) is 2.51. The number of rotatable bonds is 9. The molecule has 0 atom stereocenters. The molecule has 0 aliphatic carbocycles. The molecular weight excluding hydrogens is 254 g/mol. The van der Waals surface area contributed by atoms with Crippen molar-refractivity contribution in [1.82, 2.24) is 9.97 Å². The van der Waals surface area contributed by atoms with E-state index in [-0.39, 0.29) is 0 Å². The summed E-state index contributed by atoms with van der Waals surface area (Å²) in [7, 11) is 1.71. The number of nitrogens with one attached hydrogen (secondary N) is 1. The Morgan fingerprint density at radius 3 is 2.89 bits per heavy atom. The molecule has 6 heteroatoms. The van der Waals surface area contributed by atoms with Gasteiger partial charge >= 0.3 is 0 Å². The number of aromatic nitrogens is 2. The Labute approximate surface area is 113 Å². The first-order chi connectivity index (χ1) is 8.76. The second kappa shape index (κ2) is 9.08. The van der Waals surface area contributed by atoms with Gasteiger partial charge in [0.25, 0.3) is 0 Å². The third-order valence-corrected chi connectivity index (χ3v) is 2.45. The maximum atomic E-state index is 5.92. The summed E-state index contributed by atoms with van der Waals surface area (Å²) in [6.07, 6.45) is 2.05. The molecule has 1 heterocycles. The van der Waals surface area contributed by atoms with Crippen molar-refractivity contribution in [3.63, 3.8) is 0 Å². The number of hydrogen-bond donors (Lipinski definition) is 1. The average molecular weight is 274 g/mol. The zero-order chi connectivity index (χ0) is 13.2. The van der Waals surface area contributed by atoms with Crippen molar-refractivity contribution in [2.24, 2.45) is 0 Å². The van der Waals surface area contributed by atoms with E-state index < -0.39 is 0 Å². The molecule has 1 N–H and O–H groups in total. The van der Waals surface area contributed by atoms with Crippen LogP contribution in [0.5, 0.6) is 0 Å². The summed E-state index contributed by atoms with van der Waals surface area (Å²) in [5, 5.41) is 3.64. The fourth-order valence-corrected chi connectivity index (χ4v) is 1.60. The van der Waals surface area contributed by atoms with Crippen molar-refractivity contribution >= 4 is 17.4 Å². The van der Waals surface area contributed by atoms with Crippen LogP contribution in [0.25, 0.3) is 0 Å². The molecular formula is C12H20ClN3O2. The van der Waals surface area contributed by atoms with E-state index >= 15 is 0 Å². The minimum absolute atomic E-state index is 0.384. The van der Waals surface area contributed by atoms with Gasteiger partial charge < -0.3 is 14.8 Å². The van der Waals surface area contributed by atoms with Crippen LogP contribution in [0.4, 0.5) is 5.82 Å². The molecule has 0 amide bonds. The number of hydrogen-bond acceptors (Lipinski definition) is 5. The molecule has 0 unspecified atom stereocenters. The molecule has 1 rings (SSSR count). The standard InChI is InChI=1S/C12H20ClN3O2/c1-3-18-9-12-15-10(13)8-11(16-12)14-6-4-5-7-17-2/h8H,3-7,9H2,1-2H3,(H,14,15,16). The Hall–Kier alpha value is -0.910. The van der Waals surface area contributed by atoms with Crippen LogP contribution in [0.2, 0.25) is 5.15 Å². The number of anilines is 1. The van der Waals surface area contributed by atoms with E-state index in [0.717, 1.165) is 31.8 Å². The lowest BCUT2D eigenvalue weighted by atomic mass is 10.3. The highest BCUT2D eigenvalue weighted by Gasteiger charge is 2.03. The largest absolute Gasteiger partial charge is 0.385 e. The highest BCUT2D eigenvalue weighted by molar-refractivity contribution is 6.29. The minimum Gasteiger partial charge on any atom is -0.385 e. The van der Waals surface area contributed by atoms with Crippen LogP contribution in [-0.4, -0.2) is 36.8 Å². The van der Waals surface area contributed by atoms with Crippen LogP contribution < -0.4 is 5.32 Å². The fraction of sp³-hybridized carbons (Fsp3) is 0.667. The Balaban J connectivity index is 2.41. The quantitative estimate of drug-likeness (QED) is 0.553. The molecule has 0 radical (unpaired) electrons. The van der Waals surface area contributed by atoms with E-state index in [4.69, 9.17) is 21.1 Å². The normalized spacial score (nSPS) is 10.6. The van der Waals surface area contributed by atoms with Crippen molar-refractivity contribution < 1.29 is 9.47 Å². The summed E-state index contributed by atoms with van der Waals surface area (Å²) in [4.78, 5) is 8.42. The second-order valence-corrected chi connectivity index (χ2v) is 4.14. The van der Waals surface area contributed by atoms with Gasteiger partial charge in [-0.25, -0.2) is 9.97 Å². The van der Waals surface area contributed by atoms with Gasteiger partial charge in [-0.2, -0.15) is 0 Å². The maximum Gasteiger partial charge on any atom is 0.158 e. The Kier molecular flexibility index (Phi) is 7.64. The van der Waals surface area contributed by atoms with E-state index in [0.29, 0.717) is 24.2 Å². The Morgan fingerprint density at radius 2 is 2.17 bits per heavy atom. The van der Waals surface area contributed by atoms with Crippen molar-refractivity contribution in [2.45, 2.75) is 26.4 Å². The summed E-state index contributed by atoms with van der Waals surface area (Å²) >= 11 is 5.92. The summed E-state index contributed by atoms with van der Waals surface area (Å²) in [6.45, 7) is 4.57. The van der Waals surface area contributed by atoms with Crippen LogP contribution in [0.15, 0.2) is 6.07 Å². The lowest BCUT2D eigenvalue weighted by Gasteiger charge is -2.07. The van der Waals surface area contributed by atoms with Crippen LogP contribution in [0.1, 0.15) is 25.6 Å². The van der Waals surface area contributed by atoms with Gasteiger partial charge in [-0.15, -0.1) is 0 Å². The van der Waals surface area contributed by atoms with Gasteiger partial charge in [-0.3, -0.25) is 0 Å².